The van der Waals surface area contributed by atoms with Crippen LogP contribution in [-0.4, -0.2) is 55.1 Å². The van der Waals surface area contributed by atoms with Gasteiger partial charge in [-0.05, 0) is 20.8 Å². The lowest BCUT2D eigenvalue weighted by Gasteiger charge is -2.25. The monoisotopic (exact) mass is 274 g/mol. The maximum absolute atomic E-state index is 11.7. The molecule has 0 saturated carbocycles. The summed E-state index contributed by atoms with van der Waals surface area (Å²) in [5, 5.41) is 14.2. The minimum atomic E-state index is -0.961. The minimum absolute atomic E-state index is 0.130. The Balaban J connectivity index is 2.37. The third-order valence-electron chi connectivity index (χ3n) is 2.92. The molecule has 1 aliphatic rings. The van der Waals surface area contributed by atoms with Gasteiger partial charge in [0.15, 0.2) is 0 Å². The Hall–Kier alpha value is -1.34. The van der Waals surface area contributed by atoms with Gasteiger partial charge in [0, 0.05) is 13.2 Å². The second-order valence-electron chi connectivity index (χ2n) is 5.11. The molecule has 0 radical (unpaired) electrons. The summed E-state index contributed by atoms with van der Waals surface area (Å²) >= 11 is 0. The molecule has 2 amide bonds. The van der Waals surface area contributed by atoms with Crippen LogP contribution in [0.3, 0.4) is 0 Å². The molecule has 1 rings (SSSR count). The summed E-state index contributed by atoms with van der Waals surface area (Å²) in [7, 11) is 0. The predicted octanol–water partition coefficient (Wildman–Crippen LogP) is 0.200. The molecule has 0 aromatic heterocycles. The first-order valence-electron chi connectivity index (χ1n) is 6.34. The smallest absolute Gasteiger partial charge is 0.315 e. The number of carboxylic acid groups (broad SMARTS) is 1. The molecule has 0 aromatic rings. The van der Waals surface area contributed by atoms with E-state index in [-0.39, 0.29) is 13.2 Å². The van der Waals surface area contributed by atoms with Gasteiger partial charge in [-0.2, -0.15) is 0 Å². The number of urea groups is 1. The highest BCUT2D eigenvalue weighted by atomic mass is 16.5. The summed E-state index contributed by atoms with van der Waals surface area (Å²) in [6.45, 7) is 6.88. The van der Waals surface area contributed by atoms with E-state index in [1.165, 1.54) is 0 Å². The molecule has 0 aromatic carbocycles. The molecule has 1 fully saturated rings. The summed E-state index contributed by atoms with van der Waals surface area (Å²) in [6, 6.07) is -0.901. The Morgan fingerprint density at radius 3 is 2.68 bits per heavy atom. The molecule has 110 valence electrons. The minimum Gasteiger partial charge on any atom is -0.481 e. The summed E-state index contributed by atoms with van der Waals surface area (Å²) in [5.74, 6) is -1.65. The quantitative estimate of drug-likeness (QED) is 0.643. The van der Waals surface area contributed by atoms with Crippen molar-refractivity contribution in [2.75, 3.05) is 26.4 Å². The van der Waals surface area contributed by atoms with Crippen molar-refractivity contribution in [3.63, 3.8) is 0 Å². The molecule has 7 heteroatoms. The Labute approximate surface area is 112 Å². The molecule has 7 nitrogen and oxygen atoms in total. The Morgan fingerprint density at radius 1 is 1.42 bits per heavy atom. The van der Waals surface area contributed by atoms with E-state index < -0.39 is 29.6 Å². The number of rotatable bonds is 6. The Bertz CT molecular complexity index is 332. The van der Waals surface area contributed by atoms with Gasteiger partial charge >= 0.3 is 12.0 Å². The fourth-order valence-electron chi connectivity index (χ4n) is 1.89. The van der Waals surface area contributed by atoms with Crippen LogP contribution in [0, 0.1) is 5.92 Å². The number of aliphatic carboxylic acids is 1. The number of nitrogens with one attached hydrogen (secondary N) is 2. The summed E-state index contributed by atoms with van der Waals surface area (Å²) < 4.78 is 10.5. The predicted molar refractivity (Wildman–Crippen MR) is 68.0 cm³/mol. The van der Waals surface area contributed by atoms with E-state index in [4.69, 9.17) is 14.6 Å². The normalized spacial score (nSPS) is 23.1. The zero-order chi connectivity index (χ0) is 14.5. The first kappa shape index (κ1) is 15.7. The van der Waals surface area contributed by atoms with Crippen molar-refractivity contribution in [2.24, 2.45) is 5.92 Å². The molecule has 19 heavy (non-hydrogen) atoms. The lowest BCUT2D eigenvalue weighted by atomic mass is 10.0. The van der Waals surface area contributed by atoms with Gasteiger partial charge in [0.05, 0.1) is 24.9 Å². The van der Waals surface area contributed by atoms with Crippen molar-refractivity contribution < 1.29 is 24.2 Å². The van der Waals surface area contributed by atoms with Crippen molar-refractivity contribution in [2.45, 2.75) is 32.4 Å². The molecule has 1 saturated heterocycles. The van der Waals surface area contributed by atoms with Crippen molar-refractivity contribution in [1.29, 1.82) is 0 Å². The molecular weight excluding hydrogens is 252 g/mol. The average Bonchev–Trinajstić information content (AvgIpc) is 2.75. The fraction of sp³-hybridized carbons (Fsp3) is 0.833. The van der Waals surface area contributed by atoms with Crippen molar-refractivity contribution in [3.8, 4) is 0 Å². The van der Waals surface area contributed by atoms with Crippen molar-refractivity contribution >= 4 is 12.0 Å². The van der Waals surface area contributed by atoms with Crippen LogP contribution in [0.25, 0.3) is 0 Å². The van der Waals surface area contributed by atoms with E-state index in [0.29, 0.717) is 13.2 Å². The largest absolute Gasteiger partial charge is 0.481 e. The molecule has 2 atom stereocenters. The highest BCUT2D eigenvalue weighted by molar-refractivity contribution is 5.77. The zero-order valence-electron chi connectivity index (χ0n) is 11.6. The van der Waals surface area contributed by atoms with Gasteiger partial charge in [0.2, 0.25) is 0 Å². The highest BCUT2D eigenvalue weighted by Gasteiger charge is 2.35. The van der Waals surface area contributed by atoms with Gasteiger partial charge in [-0.3, -0.25) is 4.79 Å². The van der Waals surface area contributed by atoms with Crippen LogP contribution in [-0.2, 0) is 14.3 Å². The van der Waals surface area contributed by atoms with Gasteiger partial charge in [-0.15, -0.1) is 0 Å². The van der Waals surface area contributed by atoms with Crippen LogP contribution >= 0.6 is 0 Å². The molecule has 1 aliphatic heterocycles. The number of ether oxygens (including phenoxy) is 2. The Morgan fingerprint density at radius 2 is 2.11 bits per heavy atom. The van der Waals surface area contributed by atoms with Gasteiger partial charge in [-0.1, -0.05) is 0 Å². The second-order valence-corrected chi connectivity index (χ2v) is 5.11. The standard InChI is InChI=1S/C12H22N2O5/c1-4-19-12(2,3)7-13-11(17)14-9-6-18-5-8(9)10(15)16/h8-9H,4-7H2,1-3H3,(H,15,16)(H2,13,14,17). The average molecular weight is 274 g/mol. The van der Waals surface area contributed by atoms with E-state index in [1.54, 1.807) is 0 Å². The van der Waals surface area contributed by atoms with Gasteiger partial charge < -0.3 is 25.2 Å². The first-order valence-corrected chi connectivity index (χ1v) is 6.34. The third-order valence-corrected chi connectivity index (χ3v) is 2.92. The van der Waals surface area contributed by atoms with E-state index in [9.17, 15) is 9.59 Å². The van der Waals surface area contributed by atoms with Crippen LogP contribution in [0.15, 0.2) is 0 Å². The maximum atomic E-state index is 11.7. The van der Waals surface area contributed by atoms with Crippen LogP contribution < -0.4 is 10.6 Å². The van der Waals surface area contributed by atoms with Gasteiger partial charge in [0.25, 0.3) is 0 Å². The molecule has 0 aliphatic carbocycles. The van der Waals surface area contributed by atoms with Gasteiger partial charge in [0.1, 0.15) is 5.92 Å². The number of carbonyl (C=O) groups excluding carboxylic acids is 1. The summed E-state index contributed by atoms with van der Waals surface area (Å²) in [4.78, 5) is 22.6. The summed E-state index contributed by atoms with van der Waals surface area (Å²) in [6.07, 6.45) is 0. The van der Waals surface area contributed by atoms with Crippen LogP contribution in [0.4, 0.5) is 4.79 Å². The number of hydrogen-bond donors (Lipinski definition) is 3. The number of amides is 2. The van der Waals surface area contributed by atoms with Crippen molar-refractivity contribution in [1.82, 2.24) is 10.6 Å². The van der Waals surface area contributed by atoms with E-state index in [0.717, 1.165) is 0 Å². The number of carbonyl (C=O) groups is 2. The second kappa shape index (κ2) is 6.72. The highest BCUT2D eigenvalue weighted by Crippen LogP contribution is 2.13. The SMILES string of the molecule is CCOC(C)(C)CNC(=O)NC1COCC1C(=O)O. The topological polar surface area (TPSA) is 96.9 Å². The fourth-order valence-corrected chi connectivity index (χ4v) is 1.89. The molecule has 2 unspecified atom stereocenters. The molecule has 0 spiro atoms. The van der Waals surface area contributed by atoms with Gasteiger partial charge in [-0.25, -0.2) is 4.79 Å². The molecule has 1 heterocycles. The number of carboxylic acids is 1. The lowest BCUT2D eigenvalue weighted by molar-refractivity contribution is -0.142. The van der Waals surface area contributed by atoms with Crippen LogP contribution in [0.2, 0.25) is 0 Å². The summed E-state index contributed by atoms with van der Waals surface area (Å²) in [5.41, 5.74) is -0.454. The third kappa shape index (κ3) is 5.04. The lowest BCUT2D eigenvalue weighted by Crippen LogP contribution is -2.50. The van der Waals surface area contributed by atoms with E-state index in [2.05, 4.69) is 10.6 Å². The zero-order valence-corrected chi connectivity index (χ0v) is 11.6. The van der Waals surface area contributed by atoms with E-state index in [1.807, 2.05) is 20.8 Å². The van der Waals surface area contributed by atoms with Crippen LogP contribution in [0.5, 0.6) is 0 Å². The molecule has 0 bridgehead atoms. The Kier molecular flexibility index (Phi) is 5.56. The molecule has 3 N–H and O–H groups in total. The first-order chi connectivity index (χ1) is 8.85. The van der Waals surface area contributed by atoms with Crippen molar-refractivity contribution in [3.05, 3.63) is 0 Å². The van der Waals surface area contributed by atoms with E-state index >= 15 is 0 Å². The maximum Gasteiger partial charge on any atom is 0.315 e. The van der Waals surface area contributed by atoms with Crippen LogP contribution in [0.1, 0.15) is 20.8 Å². The number of hydrogen-bond acceptors (Lipinski definition) is 4. The molecular formula is C12H22N2O5.